The lowest BCUT2D eigenvalue weighted by Gasteiger charge is -2.29. The Morgan fingerprint density at radius 2 is 2.35 bits per heavy atom. The van der Waals surface area contributed by atoms with Crippen molar-refractivity contribution in [2.45, 2.75) is 25.9 Å². The number of benzene rings is 1. The normalized spacial score (nSPS) is 24.9. The summed E-state index contributed by atoms with van der Waals surface area (Å²) < 4.78 is 18.9. The van der Waals surface area contributed by atoms with Gasteiger partial charge in [-0.1, -0.05) is 24.6 Å². The molecule has 0 amide bonds. The van der Waals surface area contributed by atoms with Crippen LogP contribution in [0.3, 0.4) is 0 Å². The van der Waals surface area contributed by atoms with E-state index < -0.39 is 0 Å². The quantitative estimate of drug-likeness (QED) is 0.899. The Labute approximate surface area is 106 Å². The fourth-order valence-corrected chi connectivity index (χ4v) is 2.35. The van der Waals surface area contributed by atoms with Gasteiger partial charge in [-0.05, 0) is 24.5 Å². The van der Waals surface area contributed by atoms with Gasteiger partial charge in [0, 0.05) is 29.8 Å². The van der Waals surface area contributed by atoms with Crippen LogP contribution in [0.2, 0.25) is 5.02 Å². The lowest BCUT2D eigenvalue weighted by atomic mass is 9.97. The van der Waals surface area contributed by atoms with Gasteiger partial charge in [-0.2, -0.15) is 0 Å². The van der Waals surface area contributed by atoms with E-state index in [2.05, 4.69) is 12.2 Å². The lowest BCUT2D eigenvalue weighted by molar-refractivity contribution is 0.0386. The van der Waals surface area contributed by atoms with Crippen molar-refractivity contribution >= 4 is 11.6 Å². The number of hydrogen-bond acceptors (Lipinski definition) is 2. The molecule has 1 heterocycles. The van der Waals surface area contributed by atoms with E-state index >= 15 is 0 Å². The standard InChI is InChI=1S/C13H17ClFNO/c1-9-8-17-6-5-13(9)16-7-10-11(14)3-2-4-12(10)15/h2-4,9,13,16H,5-8H2,1H3. The predicted molar refractivity (Wildman–Crippen MR) is 66.6 cm³/mol. The third kappa shape index (κ3) is 3.18. The number of rotatable bonds is 3. The van der Waals surface area contributed by atoms with Crippen molar-refractivity contribution < 1.29 is 9.13 Å². The second kappa shape index (κ2) is 5.80. The summed E-state index contributed by atoms with van der Waals surface area (Å²) in [7, 11) is 0. The summed E-state index contributed by atoms with van der Waals surface area (Å²) in [4.78, 5) is 0. The van der Waals surface area contributed by atoms with Crippen LogP contribution in [0.4, 0.5) is 4.39 Å². The maximum atomic E-state index is 13.6. The second-order valence-electron chi connectivity index (χ2n) is 4.53. The second-order valence-corrected chi connectivity index (χ2v) is 4.94. The van der Waals surface area contributed by atoms with E-state index in [0.717, 1.165) is 19.6 Å². The molecular formula is C13H17ClFNO. The number of halogens is 2. The molecule has 0 radical (unpaired) electrons. The van der Waals surface area contributed by atoms with Crippen molar-refractivity contribution in [3.63, 3.8) is 0 Å². The Morgan fingerprint density at radius 1 is 1.53 bits per heavy atom. The summed E-state index contributed by atoms with van der Waals surface area (Å²) in [5.41, 5.74) is 0.549. The first-order valence-electron chi connectivity index (χ1n) is 5.92. The van der Waals surface area contributed by atoms with Gasteiger partial charge < -0.3 is 10.1 Å². The van der Waals surface area contributed by atoms with Gasteiger partial charge in [0.1, 0.15) is 5.82 Å². The highest BCUT2D eigenvalue weighted by molar-refractivity contribution is 6.31. The van der Waals surface area contributed by atoms with E-state index in [1.165, 1.54) is 6.07 Å². The predicted octanol–water partition coefficient (Wildman–Crippen LogP) is 2.99. The molecule has 1 N–H and O–H groups in total. The molecule has 0 saturated carbocycles. The van der Waals surface area contributed by atoms with Crippen LogP contribution in [0, 0.1) is 11.7 Å². The fraction of sp³-hybridized carbons (Fsp3) is 0.538. The average molecular weight is 258 g/mol. The van der Waals surface area contributed by atoms with E-state index in [1.54, 1.807) is 12.1 Å². The molecule has 4 heteroatoms. The molecule has 0 bridgehead atoms. The van der Waals surface area contributed by atoms with E-state index in [4.69, 9.17) is 16.3 Å². The van der Waals surface area contributed by atoms with Crippen LogP contribution in [-0.2, 0) is 11.3 Å². The molecule has 94 valence electrons. The maximum absolute atomic E-state index is 13.6. The minimum Gasteiger partial charge on any atom is -0.381 e. The van der Waals surface area contributed by atoms with Gasteiger partial charge in [0.2, 0.25) is 0 Å². The first-order valence-corrected chi connectivity index (χ1v) is 6.30. The van der Waals surface area contributed by atoms with Crippen LogP contribution in [0.25, 0.3) is 0 Å². The topological polar surface area (TPSA) is 21.3 Å². The summed E-state index contributed by atoms with van der Waals surface area (Å²) in [5.74, 6) is 0.207. The first kappa shape index (κ1) is 12.8. The van der Waals surface area contributed by atoms with Crippen LogP contribution in [0.15, 0.2) is 18.2 Å². The number of hydrogen-bond donors (Lipinski definition) is 1. The Hall–Kier alpha value is -0.640. The van der Waals surface area contributed by atoms with Crippen molar-refractivity contribution in [1.82, 2.24) is 5.32 Å². The summed E-state index contributed by atoms with van der Waals surface area (Å²) in [5, 5.41) is 3.85. The summed E-state index contributed by atoms with van der Waals surface area (Å²) in [6.07, 6.45) is 0.966. The lowest BCUT2D eigenvalue weighted by Crippen LogP contribution is -2.41. The molecule has 1 aromatic carbocycles. The van der Waals surface area contributed by atoms with E-state index in [0.29, 0.717) is 29.1 Å². The van der Waals surface area contributed by atoms with Gasteiger partial charge in [0.15, 0.2) is 0 Å². The molecule has 1 aliphatic heterocycles. The minimum absolute atomic E-state index is 0.246. The first-order chi connectivity index (χ1) is 8.18. The Kier molecular flexibility index (Phi) is 4.37. The molecule has 1 saturated heterocycles. The maximum Gasteiger partial charge on any atom is 0.129 e. The van der Waals surface area contributed by atoms with Crippen LogP contribution < -0.4 is 5.32 Å². The minimum atomic E-state index is -0.246. The van der Waals surface area contributed by atoms with Crippen LogP contribution in [-0.4, -0.2) is 19.3 Å². The molecule has 2 unspecified atom stereocenters. The Bertz CT molecular complexity index is 365. The van der Waals surface area contributed by atoms with Crippen molar-refractivity contribution in [3.8, 4) is 0 Å². The molecule has 1 fully saturated rings. The highest BCUT2D eigenvalue weighted by Gasteiger charge is 2.21. The summed E-state index contributed by atoms with van der Waals surface area (Å²) in [6.45, 7) is 4.15. The molecule has 1 aliphatic rings. The highest BCUT2D eigenvalue weighted by Crippen LogP contribution is 2.20. The summed E-state index contributed by atoms with van der Waals surface area (Å²) in [6, 6.07) is 5.16. The molecule has 17 heavy (non-hydrogen) atoms. The zero-order valence-electron chi connectivity index (χ0n) is 9.88. The van der Waals surface area contributed by atoms with Crippen molar-refractivity contribution in [2.24, 2.45) is 5.92 Å². The van der Waals surface area contributed by atoms with Crippen LogP contribution in [0.5, 0.6) is 0 Å². The number of ether oxygens (including phenoxy) is 1. The molecule has 2 rings (SSSR count). The van der Waals surface area contributed by atoms with Crippen LogP contribution >= 0.6 is 11.6 Å². The SMILES string of the molecule is CC1COCCC1NCc1c(F)cccc1Cl. The van der Waals surface area contributed by atoms with Gasteiger partial charge in [0.25, 0.3) is 0 Å². The van der Waals surface area contributed by atoms with E-state index in [9.17, 15) is 4.39 Å². The smallest absolute Gasteiger partial charge is 0.129 e. The molecule has 0 aromatic heterocycles. The fourth-order valence-electron chi connectivity index (χ4n) is 2.12. The van der Waals surface area contributed by atoms with Crippen molar-refractivity contribution in [1.29, 1.82) is 0 Å². The zero-order valence-corrected chi connectivity index (χ0v) is 10.6. The molecule has 1 aromatic rings. The molecule has 2 nitrogen and oxygen atoms in total. The Morgan fingerprint density at radius 3 is 3.06 bits per heavy atom. The van der Waals surface area contributed by atoms with Crippen molar-refractivity contribution in [2.75, 3.05) is 13.2 Å². The third-order valence-electron chi connectivity index (χ3n) is 3.24. The van der Waals surface area contributed by atoms with Gasteiger partial charge in [-0.15, -0.1) is 0 Å². The van der Waals surface area contributed by atoms with E-state index in [1.807, 2.05) is 0 Å². The van der Waals surface area contributed by atoms with Gasteiger partial charge in [0.05, 0.1) is 6.61 Å². The van der Waals surface area contributed by atoms with Crippen molar-refractivity contribution in [3.05, 3.63) is 34.6 Å². The highest BCUT2D eigenvalue weighted by atomic mass is 35.5. The largest absolute Gasteiger partial charge is 0.381 e. The summed E-state index contributed by atoms with van der Waals surface area (Å²) >= 11 is 5.98. The monoisotopic (exact) mass is 257 g/mol. The molecule has 2 atom stereocenters. The van der Waals surface area contributed by atoms with E-state index in [-0.39, 0.29) is 5.82 Å². The molecular weight excluding hydrogens is 241 g/mol. The Balaban J connectivity index is 1.97. The van der Waals surface area contributed by atoms with Gasteiger partial charge >= 0.3 is 0 Å². The van der Waals surface area contributed by atoms with Crippen LogP contribution in [0.1, 0.15) is 18.9 Å². The molecule has 0 aliphatic carbocycles. The average Bonchev–Trinajstić information content (AvgIpc) is 2.30. The third-order valence-corrected chi connectivity index (χ3v) is 3.60. The molecule has 0 spiro atoms. The number of nitrogens with one attached hydrogen (secondary N) is 1. The van der Waals surface area contributed by atoms with Gasteiger partial charge in [-0.3, -0.25) is 0 Å². The zero-order chi connectivity index (χ0) is 12.3. The van der Waals surface area contributed by atoms with Gasteiger partial charge in [-0.25, -0.2) is 4.39 Å².